The molecule has 96 valence electrons. The maximum atomic E-state index is 11.9. The van der Waals surface area contributed by atoms with Crippen LogP contribution in [-0.2, 0) is 4.79 Å². The van der Waals surface area contributed by atoms with E-state index in [1.807, 2.05) is 11.0 Å². The number of nitrogens with one attached hydrogen (secondary N) is 1. The molecule has 1 aliphatic carbocycles. The van der Waals surface area contributed by atoms with Crippen LogP contribution < -0.4 is 5.32 Å². The molecule has 2 atom stereocenters. The molecule has 1 unspecified atom stereocenters. The maximum absolute atomic E-state index is 11.9. The van der Waals surface area contributed by atoms with Gasteiger partial charge in [0.1, 0.15) is 0 Å². The highest BCUT2D eigenvalue weighted by Crippen LogP contribution is 2.40. The van der Waals surface area contributed by atoms with Crippen LogP contribution in [0.2, 0.25) is 0 Å². The van der Waals surface area contributed by atoms with Gasteiger partial charge in [-0.1, -0.05) is 30.3 Å². The van der Waals surface area contributed by atoms with Gasteiger partial charge in [0.15, 0.2) is 0 Å². The number of hydrogen-bond donors (Lipinski definition) is 1. The van der Waals surface area contributed by atoms with Gasteiger partial charge in [-0.05, 0) is 24.8 Å². The van der Waals surface area contributed by atoms with E-state index in [0.29, 0.717) is 18.5 Å². The topological polar surface area (TPSA) is 32.3 Å². The zero-order valence-electron chi connectivity index (χ0n) is 10.6. The molecule has 1 saturated heterocycles. The Morgan fingerprint density at radius 2 is 1.94 bits per heavy atom. The van der Waals surface area contributed by atoms with E-state index < -0.39 is 0 Å². The summed E-state index contributed by atoms with van der Waals surface area (Å²) in [7, 11) is 0. The standard InChI is InChI=1S/C15H20N2O/c18-15(17-8-4-5-9-17)11-16-14-10-13(14)12-6-2-1-3-7-12/h1-3,6-7,13-14,16H,4-5,8-11H2/t13-,14?/m1/s1. The SMILES string of the molecule is O=C(CNC1C[C@@H]1c1ccccc1)N1CCCC1. The Kier molecular flexibility index (Phi) is 3.33. The average molecular weight is 244 g/mol. The third kappa shape index (κ3) is 2.56. The lowest BCUT2D eigenvalue weighted by Crippen LogP contribution is -2.37. The predicted molar refractivity (Wildman–Crippen MR) is 71.4 cm³/mol. The first-order chi connectivity index (χ1) is 8.84. The fourth-order valence-corrected chi connectivity index (χ4v) is 2.79. The van der Waals surface area contributed by atoms with Gasteiger partial charge in [-0.25, -0.2) is 0 Å². The van der Waals surface area contributed by atoms with Gasteiger partial charge in [-0.3, -0.25) is 4.79 Å². The summed E-state index contributed by atoms with van der Waals surface area (Å²) in [5.74, 6) is 0.879. The van der Waals surface area contributed by atoms with Crippen molar-refractivity contribution in [3.8, 4) is 0 Å². The molecular weight excluding hydrogens is 224 g/mol. The van der Waals surface area contributed by atoms with Gasteiger partial charge in [0, 0.05) is 25.0 Å². The van der Waals surface area contributed by atoms with Crippen LogP contribution in [0.4, 0.5) is 0 Å². The minimum atomic E-state index is 0.270. The van der Waals surface area contributed by atoms with Crippen LogP contribution in [0.5, 0.6) is 0 Å². The van der Waals surface area contributed by atoms with Crippen LogP contribution >= 0.6 is 0 Å². The van der Waals surface area contributed by atoms with Crippen molar-refractivity contribution < 1.29 is 4.79 Å². The molecule has 1 N–H and O–H groups in total. The highest BCUT2D eigenvalue weighted by molar-refractivity contribution is 5.78. The van der Waals surface area contributed by atoms with Crippen molar-refractivity contribution in [1.82, 2.24) is 10.2 Å². The Morgan fingerprint density at radius 1 is 1.22 bits per heavy atom. The maximum Gasteiger partial charge on any atom is 0.236 e. The summed E-state index contributed by atoms with van der Waals surface area (Å²) in [6.07, 6.45) is 3.50. The van der Waals surface area contributed by atoms with Crippen molar-refractivity contribution in [3.63, 3.8) is 0 Å². The van der Waals surface area contributed by atoms with E-state index in [-0.39, 0.29) is 5.91 Å². The van der Waals surface area contributed by atoms with Gasteiger partial charge < -0.3 is 10.2 Å². The van der Waals surface area contributed by atoms with Gasteiger partial charge in [0.2, 0.25) is 5.91 Å². The van der Waals surface area contributed by atoms with E-state index in [4.69, 9.17) is 0 Å². The van der Waals surface area contributed by atoms with Crippen LogP contribution in [0, 0.1) is 0 Å². The normalized spacial score (nSPS) is 26.3. The molecule has 2 aliphatic rings. The highest BCUT2D eigenvalue weighted by Gasteiger charge is 2.38. The van der Waals surface area contributed by atoms with Crippen molar-refractivity contribution in [2.24, 2.45) is 0 Å². The molecule has 1 saturated carbocycles. The van der Waals surface area contributed by atoms with Crippen LogP contribution in [-0.4, -0.2) is 36.5 Å². The Morgan fingerprint density at radius 3 is 2.67 bits per heavy atom. The highest BCUT2D eigenvalue weighted by atomic mass is 16.2. The fraction of sp³-hybridized carbons (Fsp3) is 0.533. The Labute approximate surface area is 108 Å². The zero-order chi connectivity index (χ0) is 12.4. The number of amides is 1. The second-order valence-electron chi connectivity index (χ2n) is 5.33. The first-order valence-electron chi connectivity index (χ1n) is 6.91. The van der Waals surface area contributed by atoms with Crippen molar-refractivity contribution in [2.45, 2.75) is 31.2 Å². The summed E-state index contributed by atoms with van der Waals surface area (Å²) >= 11 is 0. The minimum absolute atomic E-state index is 0.270. The van der Waals surface area contributed by atoms with E-state index >= 15 is 0 Å². The lowest BCUT2D eigenvalue weighted by molar-refractivity contribution is -0.129. The second kappa shape index (κ2) is 5.11. The molecule has 1 aromatic carbocycles. The van der Waals surface area contributed by atoms with Gasteiger partial charge in [0.25, 0.3) is 0 Å². The van der Waals surface area contributed by atoms with Gasteiger partial charge in [0.05, 0.1) is 6.54 Å². The zero-order valence-corrected chi connectivity index (χ0v) is 10.6. The van der Waals surface area contributed by atoms with Crippen LogP contribution in [0.3, 0.4) is 0 Å². The minimum Gasteiger partial charge on any atom is -0.342 e. The summed E-state index contributed by atoms with van der Waals surface area (Å²) in [6.45, 7) is 2.41. The van der Waals surface area contributed by atoms with Crippen LogP contribution in [0.15, 0.2) is 30.3 Å². The van der Waals surface area contributed by atoms with Crippen molar-refractivity contribution in [1.29, 1.82) is 0 Å². The number of nitrogens with zero attached hydrogens (tertiary/aromatic N) is 1. The third-order valence-electron chi connectivity index (χ3n) is 3.99. The second-order valence-corrected chi connectivity index (χ2v) is 5.33. The van der Waals surface area contributed by atoms with Crippen molar-refractivity contribution >= 4 is 5.91 Å². The molecule has 2 fully saturated rings. The van der Waals surface area contributed by atoms with Crippen molar-refractivity contribution in [2.75, 3.05) is 19.6 Å². The predicted octanol–water partition coefficient (Wildman–Crippen LogP) is 1.75. The van der Waals surface area contributed by atoms with Crippen LogP contribution in [0.25, 0.3) is 0 Å². The Bertz CT molecular complexity index is 412. The number of carbonyl (C=O) groups is 1. The lowest BCUT2D eigenvalue weighted by atomic mass is 10.1. The quantitative estimate of drug-likeness (QED) is 0.875. The molecule has 0 aromatic heterocycles. The molecule has 18 heavy (non-hydrogen) atoms. The molecule has 0 spiro atoms. The molecule has 3 heteroatoms. The molecule has 0 radical (unpaired) electrons. The molecule has 0 bridgehead atoms. The summed E-state index contributed by atoms with van der Waals surface area (Å²) < 4.78 is 0. The van der Waals surface area contributed by atoms with Gasteiger partial charge in [-0.2, -0.15) is 0 Å². The number of hydrogen-bond acceptors (Lipinski definition) is 2. The Hall–Kier alpha value is -1.35. The molecule has 1 aromatic rings. The summed E-state index contributed by atoms with van der Waals surface area (Å²) in [4.78, 5) is 13.9. The smallest absolute Gasteiger partial charge is 0.236 e. The molecular formula is C15H20N2O. The summed E-state index contributed by atoms with van der Waals surface area (Å²) in [6, 6.07) is 11.1. The van der Waals surface area contributed by atoms with E-state index in [9.17, 15) is 4.79 Å². The first kappa shape index (κ1) is 11.7. The molecule has 3 nitrogen and oxygen atoms in total. The van der Waals surface area contributed by atoms with Crippen LogP contribution in [0.1, 0.15) is 30.7 Å². The molecule has 1 heterocycles. The van der Waals surface area contributed by atoms with E-state index in [1.54, 1.807) is 0 Å². The lowest BCUT2D eigenvalue weighted by Gasteiger charge is -2.15. The van der Waals surface area contributed by atoms with E-state index in [2.05, 4.69) is 29.6 Å². The van der Waals surface area contributed by atoms with Gasteiger partial charge in [-0.15, -0.1) is 0 Å². The monoisotopic (exact) mass is 244 g/mol. The van der Waals surface area contributed by atoms with Gasteiger partial charge >= 0.3 is 0 Å². The Balaban J connectivity index is 1.44. The number of rotatable bonds is 4. The largest absolute Gasteiger partial charge is 0.342 e. The van der Waals surface area contributed by atoms with Crippen molar-refractivity contribution in [3.05, 3.63) is 35.9 Å². The number of benzene rings is 1. The summed E-state index contributed by atoms with van der Waals surface area (Å²) in [5, 5.41) is 3.39. The fourth-order valence-electron chi connectivity index (χ4n) is 2.79. The van der Waals surface area contributed by atoms with E-state index in [0.717, 1.165) is 19.5 Å². The summed E-state index contributed by atoms with van der Waals surface area (Å²) in [5.41, 5.74) is 1.39. The molecule has 1 aliphatic heterocycles. The van der Waals surface area contributed by atoms with E-state index in [1.165, 1.54) is 18.4 Å². The molecule has 1 amide bonds. The number of carbonyl (C=O) groups excluding carboxylic acids is 1. The average Bonchev–Trinajstić information content (AvgIpc) is 2.98. The first-order valence-corrected chi connectivity index (χ1v) is 6.91. The number of likely N-dealkylation sites (tertiary alicyclic amines) is 1. The third-order valence-corrected chi connectivity index (χ3v) is 3.99. The molecule has 3 rings (SSSR count).